The lowest BCUT2D eigenvalue weighted by Crippen LogP contribution is -1.95. The van der Waals surface area contributed by atoms with Gasteiger partial charge in [-0.25, -0.2) is 0 Å². The fraction of sp³-hybridized carbons (Fsp3) is 0.182. The van der Waals surface area contributed by atoms with Crippen LogP contribution in [0.4, 0.5) is 0 Å². The molecule has 88 valence electrons. The zero-order valence-electron chi connectivity index (χ0n) is 8.68. The summed E-state index contributed by atoms with van der Waals surface area (Å²) in [6.45, 7) is 0.760. The van der Waals surface area contributed by atoms with Crippen LogP contribution in [0, 0.1) is 0 Å². The van der Waals surface area contributed by atoms with E-state index in [4.69, 9.17) is 14.2 Å². The summed E-state index contributed by atoms with van der Waals surface area (Å²) < 4.78 is 16.9. The summed E-state index contributed by atoms with van der Waals surface area (Å²) in [7, 11) is 0. The first-order chi connectivity index (χ1) is 8.31. The van der Waals surface area contributed by atoms with Gasteiger partial charge in [0.25, 0.3) is 5.19 Å². The first-order valence-electron chi connectivity index (χ1n) is 4.93. The van der Waals surface area contributed by atoms with Gasteiger partial charge in [-0.3, -0.25) is 0 Å². The number of hydrogen-bond acceptors (Lipinski definition) is 5. The van der Waals surface area contributed by atoms with Gasteiger partial charge in [0, 0.05) is 5.38 Å². The summed E-state index contributed by atoms with van der Waals surface area (Å²) in [6.07, 6.45) is 0. The van der Waals surface area contributed by atoms with Crippen molar-refractivity contribution in [1.82, 2.24) is 4.98 Å². The van der Waals surface area contributed by atoms with E-state index in [1.165, 1.54) is 11.3 Å². The normalized spacial score (nSPS) is 12.8. The molecule has 2 heterocycles. The molecule has 0 spiro atoms. The van der Waals surface area contributed by atoms with Gasteiger partial charge in [-0.15, -0.1) is 0 Å². The van der Waals surface area contributed by atoms with Crippen molar-refractivity contribution in [2.45, 2.75) is 6.61 Å². The Labute approximate surface area is 110 Å². The van der Waals surface area contributed by atoms with Crippen LogP contribution in [0.15, 0.2) is 28.2 Å². The SMILES string of the molecule is Brc1csc(OCc2ccc3c(c2)OCO3)n1. The molecule has 4 nitrogen and oxygen atoms in total. The minimum Gasteiger partial charge on any atom is -0.465 e. The molecule has 1 aromatic heterocycles. The molecule has 0 atom stereocenters. The van der Waals surface area contributed by atoms with Crippen molar-refractivity contribution in [3.8, 4) is 16.7 Å². The third-order valence-electron chi connectivity index (χ3n) is 2.25. The van der Waals surface area contributed by atoms with Crippen molar-refractivity contribution in [3.63, 3.8) is 0 Å². The smallest absolute Gasteiger partial charge is 0.274 e. The number of fused-ring (bicyclic) bond motifs is 1. The predicted molar refractivity (Wildman–Crippen MR) is 66.7 cm³/mol. The lowest BCUT2D eigenvalue weighted by atomic mass is 10.2. The van der Waals surface area contributed by atoms with Gasteiger partial charge in [0.1, 0.15) is 11.2 Å². The molecule has 0 unspecified atom stereocenters. The summed E-state index contributed by atoms with van der Waals surface area (Å²) in [5.74, 6) is 1.55. The molecule has 1 aromatic carbocycles. The molecule has 3 rings (SSSR count). The standard InChI is InChI=1S/C11H8BrNO3S/c12-10-5-17-11(13-10)14-4-7-1-2-8-9(3-7)16-6-15-8/h1-3,5H,4,6H2. The first-order valence-corrected chi connectivity index (χ1v) is 6.61. The zero-order chi connectivity index (χ0) is 11.7. The first kappa shape index (κ1) is 10.9. The Hall–Kier alpha value is -1.27. The van der Waals surface area contributed by atoms with E-state index in [0.29, 0.717) is 18.6 Å². The van der Waals surface area contributed by atoms with Gasteiger partial charge in [0.05, 0.1) is 0 Å². The highest BCUT2D eigenvalue weighted by Gasteiger charge is 2.13. The van der Waals surface area contributed by atoms with E-state index >= 15 is 0 Å². The Kier molecular flexibility index (Phi) is 2.90. The van der Waals surface area contributed by atoms with Gasteiger partial charge < -0.3 is 14.2 Å². The molecule has 0 bridgehead atoms. The second kappa shape index (κ2) is 4.54. The monoisotopic (exact) mass is 313 g/mol. The predicted octanol–water partition coefficient (Wildman–Crippen LogP) is 3.21. The Balaban J connectivity index is 1.69. The molecular weight excluding hydrogens is 306 g/mol. The van der Waals surface area contributed by atoms with Gasteiger partial charge in [0.15, 0.2) is 11.5 Å². The van der Waals surface area contributed by atoms with Crippen LogP contribution in [0.3, 0.4) is 0 Å². The van der Waals surface area contributed by atoms with Crippen LogP contribution >= 0.6 is 27.3 Å². The Morgan fingerprint density at radius 2 is 2.24 bits per heavy atom. The minimum atomic E-state index is 0.291. The lowest BCUT2D eigenvalue weighted by molar-refractivity contribution is 0.174. The maximum Gasteiger partial charge on any atom is 0.274 e. The third kappa shape index (κ3) is 2.37. The second-order valence-corrected chi connectivity index (χ2v) is 5.05. The molecule has 0 fully saturated rings. The van der Waals surface area contributed by atoms with Crippen LogP contribution < -0.4 is 14.2 Å². The molecule has 0 saturated carbocycles. The number of halogens is 1. The number of thiazole rings is 1. The van der Waals surface area contributed by atoms with Gasteiger partial charge in [-0.1, -0.05) is 17.4 Å². The zero-order valence-corrected chi connectivity index (χ0v) is 11.1. The summed E-state index contributed by atoms with van der Waals surface area (Å²) in [5.41, 5.74) is 1.03. The van der Waals surface area contributed by atoms with Crippen molar-refractivity contribution in [1.29, 1.82) is 0 Å². The van der Waals surface area contributed by atoms with Crippen LogP contribution in [0.2, 0.25) is 0 Å². The van der Waals surface area contributed by atoms with Crippen molar-refractivity contribution in [3.05, 3.63) is 33.7 Å². The minimum absolute atomic E-state index is 0.291. The molecular formula is C11H8BrNO3S. The summed E-state index contributed by atoms with van der Waals surface area (Å²) in [6, 6.07) is 5.76. The van der Waals surface area contributed by atoms with Gasteiger partial charge in [-0.2, -0.15) is 4.98 Å². The number of ether oxygens (including phenoxy) is 3. The Morgan fingerprint density at radius 3 is 3.06 bits per heavy atom. The quantitative estimate of drug-likeness (QED) is 0.872. The van der Waals surface area contributed by atoms with Crippen LogP contribution in [0.25, 0.3) is 0 Å². The van der Waals surface area contributed by atoms with E-state index in [2.05, 4.69) is 20.9 Å². The second-order valence-electron chi connectivity index (χ2n) is 3.41. The number of nitrogens with zero attached hydrogens (tertiary/aromatic N) is 1. The maximum absolute atomic E-state index is 5.55. The molecule has 6 heteroatoms. The molecule has 0 amide bonds. The average Bonchev–Trinajstić information content (AvgIpc) is 2.94. The fourth-order valence-corrected chi connectivity index (χ4v) is 2.57. The highest BCUT2D eigenvalue weighted by atomic mass is 79.9. The Morgan fingerprint density at radius 1 is 1.35 bits per heavy atom. The topological polar surface area (TPSA) is 40.6 Å². The summed E-state index contributed by atoms with van der Waals surface area (Å²) in [4.78, 5) is 4.16. The number of aromatic nitrogens is 1. The average molecular weight is 314 g/mol. The molecule has 17 heavy (non-hydrogen) atoms. The summed E-state index contributed by atoms with van der Waals surface area (Å²) >= 11 is 4.74. The third-order valence-corrected chi connectivity index (χ3v) is 3.72. The van der Waals surface area contributed by atoms with Gasteiger partial charge in [-0.05, 0) is 33.6 Å². The van der Waals surface area contributed by atoms with E-state index in [0.717, 1.165) is 21.7 Å². The summed E-state index contributed by atoms with van der Waals surface area (Å²) in [5, 5.41) is 2.53. The van der Waals surface area contributed by atoms with Gasteiger partial charge in [0.2, 0.25) is 6.79 Å². The van der Waals surface area contributed by atoms with Crippen LogP contribution in [-0.4, -0.2) is 11.8 Å². The highest BCUT2D eigenvalue weighted by molar-refractivity contribution is 9.10. The largest absolute Gasteiger partial charge is 0.465 e. The molecule has 1 aliphatic heterocycles. The molecule has 2 aromatic rings. The van der Waals surface area contributed by atoms with Crippen molar-refractivity contribution in [2.75, 3.05) is 6.79 Å². The van der Waals surface area contributed by atoms with E-state index in [1.54, 1.807) is 0 Å². The molecule has 0 N–H and O–H groups in total. The molecule has 1 aliphatic rings. The van der Waals surface area contributed by atoms with Crippen molar-refractivity contribution in [2.24, 2.45) is 0 Å². The highest BCUT2D eigenvalue weighted by Crippen LogP contribution is 2.33. The fourth-order valence-electron chi connectivity index (χ4n) is 1.48. The van der Waals surface area contributed by atoms with E-state index < -0.39 is 0 Å². The number of rotatable bonds is 3. The van der Waals surface area contributed by atoms with E-state index in [1.807, 2.05) is 23.6 Å². The number of benzene rings is 1. The number of hydrogen-bond donors (Lipinski definition) is 0. The van der Waals surface area contributed by atoms with E-state index in [-0.39, 0.29) is 0 Å². The lowest BCUT2D eigenvalue weighted by Gasteiger charge is -2.03. The maximum atomic E-state index is 5.55. The van der Waals surface area contributed by atoms with Crippen LogP contribution in [0.1, 0.15) is 5.56 Å². The Bertz CT molecular complexity index is 543. The van der Waals surface area contributed by atoms with Crippen molar-refractivity contribution >= 4 is 27.3 Å². The molecule has 0 saturated heterocycles. The van der Waals surface area contributed by atoms with E-state index in [9.17, 15) is 0 Å². The molecule has 0 radical (unpaired) electrons. The van der Waals surface area contributed by atoms with Crippen molar-refractivity contribution < 1.29 is 14.2 Å². The van der Waals surface area contributed by atoms with Crippen LogP contribution in [-0.2, 0) is 6.61 Å². The van der Waals surface area contributed by atoms with Crippen LogP contribution in [0.5, 0.6) is 16.7 Å². The van der Waals surface area contributed by atoms with Gasteiger partial charge >= 0.3 is 0 Å². The molecule has 0 aliphatic carbocycles.